The molecule has 1 aromatic heterocycles. The van der Waals surface area contributed by atoms with E-state index in [-0.39, 0.29) is 12.5 Å². The third-order valence-electron chi connectivity index (χ3n) is 3.81. The first-order valence-corrected chi connectivity index (χ1v) is 7.83. The van der Waals surface area contributed by atoms with Gasteiger partial charge in [0.25, 0.3) is 5.91 Å². The minimum atomic E-state index is -0.307. The first-order valence-electron chi connectivity index (χ1n) is 7.83. The third-order valence-corrected chi connectivity index (χ3v) is 3.81. The largest absolute Gasteiger partial charge is 0.497 e. The lowest BCUT2D eigenvalue weighted by molar-refractivity contribution is 0.102. The maximum Gasteiger partial charge on any atom is 0.276 e. The zero-order valence-corrected chi connectivity index (χ0v) is 14.0. The van der Waals surface area contributed by atoms with Gasteiger partial charge in [-0.2, -0.15) is 0 Å². The highest BCUT2D eigenvalue weighted by atomic mass is 16.5. The molecular formula is C19H19N3O3. The minimum absolute atomic E-state index is 0.0782. The van der Waals surface area contributed by atoms with Crippen LogP contribution in [0.25, 0.3) is 11.4 Å². The highest BCUT2D eigenvalue weighted by Crippen LogP contribution is 2.23. The van der Waals surface area contributed by atoms with Gasteiger partial charge in [-0.3, -0.25) is 4.79 Å². The molecule has 0 radical (unpaired) electrons. The number of aliphatic hydroxyl groups is 1. The molecule has 1 heterocycles. The molecule has 0 aliphatic rings. The average Bonchev–Trinajstić information content (AvgIpc) is 3.04. The number of carbonyl (C=O) groups excluding carboxylic acids is 1. The van der Waals surface area contributed by atoms with Gasteiger partial charge < -0.3 is 20.1 Å². The number of hydrogen-bond acceptors (Lipinski definition) is 4. The third kappa shape index (κ3) is 3.70. The summed E-state index contributed by atoms with van der Waals surface area (Å²) in [6, 6.07) is 14.5. The second kappa shape index (κ2) is 7.19. The number of nitrogens with zero attached hydrogens (tertiary/aromatic N) is 1. The standard InChI is InChI=1S/C19H19N3O3/c1-12-17(19(24)21-15-7-3-5-13(9-15)11-23)22-18(20-12)14-6-4-8-16(10-14)25-2/h3-10,23H,11H2,1-2H3,(H,20,22)(H,21,24). The smallest absolute Gasteiger partial charge is 0.276 e. The van der Waals surface area contributed by atoms with Gasteiger partial charge in [-0.05, 0) is 36.8 Å². The number of amides is 1. The number of hydrogen-bond donors (Lipinski definition) is 3. The van der Waals surface area contributed by atoms with Gasteiger partial charge in [-0.1, -0.05) is 24.3 Å². The number of aryl methyl sites for hydroxylation is 1. The first kappa shape index (κ1) is 16.7. The van der Waals surface area contributed by atoms with Crippen LogP contribution < -0.4 is 10.1 Å². The number of aromatic nitrogens is 2. The Morgan fingerprint density at radius 2 is 2.04 bits per heavy atom. The van der Waals surface area contributed by atoms with Crippen molar-refractivity contribution < 1.29 is 14.6 Å². The zero-order valence-electron chi connectivity index (χ0n) is 14.0. The van der Waals surface area contributed by atoms with E-state index in [1.807, 2.05) is 24.3 Å². The van der Waals surface area contributed by atoms with E-state index < -0.39 is 0 Å². The van der Waals surface area contributed by atoms with Crippen LogP contribution in [0, 0.1) is 6.92 Å². The van der Waals surface area contributed by atoms with Crippen LogP contribution in [-0.2, 0) is 6.61 Å². The molecular weight excluding hydrogens is 318 g/mol. The summed E-state index contributed by atoms with van der Waals surface area (Å²) in [7, 11) is 1.60. The second-order valence-corrected chi connectivity index (χ2v) is 5.60. The summed E-state index contributed by atoms with van der Waals surface area (Å²) in [5.74, 6) is 1.02. The van der Waals surface area contributed by atoms with Gasteiger partial charge in [0.2, 0.25) is 0 Å². The number of nitrogens with one attached hydrogen (secondary N) is 2. The van der Waals surface area contributed by atoms with Crippen molar-refractivity contribution in [2.75, 3.05) is 12.4 Å². The molecule has 3 rings (SSSR count). The Balaban J connectivity index is 1.85. The van der Waals surface area contributed by atoms with Crippen LogP contribution in [0.4, 0.5) is 5.69 Å². The van der Waals surface area contributed by atoms with Crippen molar-refractivity contribution in [1.82, 2.24) is 9.97 Å². The summed E-state index contributed by atoms with van der Waals surface area (Å²) in [5.41, 5.74) is 3.18. The minimum Gasteiger partial charge on any atom is -0.497 e. The topological polar surface area (TPSA) is 87.2 Å². The van der Waals surface area contributed by atoms with Crippen LogP contribution in [-0.4, -0.2) is 28.1 Å². The van der Waals surface area contributed by atoms with E-state index in [0.717, 1.165) is 16.9 Å². The van der Waals surface area contributed by atoms with Crippen molar-refractivity contribution >= 4 is 11.6 Å². The molecule has 0 fully saturated rings. The van der Waals surface area contributed by atoms with E-state index in [1.54, 1.807) is 38.3 Å². The summed E-state index contributed by atoms with van der Waals surface area (Å²) in [6.07, 6.45) is 0. The highest BCUT2D eigenvalue weighted by molar-refractivity contribution is 6.04. The van der Waals surface area contributed by atoms with E-state index in [2.05, 4.69) is 15.3 Å². The Labute approximate surface area is 145 Å². The molecule has 25 heavy (non-hydrogen) atoms. The van der Waals surface area contributed by atoms with E-state index in [0.29, 0.717) is 22.9 Å². The van der Waals surface area contributed by atoms with Crippen molar-refractivity contribution in [3.05, 3.63) is 65.5 Å². The lowest BCUT2D eigenvalue weighted by Crippen LogP contribution is -2.13. The fraction of sp³-hybridized carbons (Fsp3) is 0.158. The van der Waals surface area contributed by atoms with E-state index in [4.69, 9.17) is 4.74 Å². The molecule has 2 aromatic carbocycles. The first-order chi connectivity index (χ1) is 12.1. The van der Waals surface area contributed by atoms with Crippen LogP contribution in [0.5, 0.6) is 5.75 Å². The molecule has 6 nitrogen and oxygen atoms in total. The zero-order chi connectivity index (χ0) is 17.8. The Morgan fingerprint density at radius 3 is 2.80 bits per heavy atom. The number of aliphatic hydroxyl groups excluding tert-OH is 1. The number of methoxy groups -OCH3 is 1. The fourth-order valence-electron chi connectivity index (χ4n) is 2.53. The molecule has 0 spiro atoms. The van der Waals surface area contributed by atoms with Crippen LogP contribution in [0.15, 0.2) is 48.5 Å². The van der Waals surface area contributed by atoms with Gasteiger partial charge >= 0.3 is 0 Å². The van der Waals surface area contributed by atoms with Crippen molar-refractivity contribution in [3.8, 4) is 17.1 Å². The van der Waals surface area contributed by atoms with Crippen molar-refractivity contribution in [1.29, 1.82) is 0 Å². The number of carbonyl (C=O) groups is 1. The van der Waals surface area contributed by atoms with Gasteiger partial charge in [0.1, 0.15) is 17.3 Å². The summed E-state index contributed by atoms with van der Waals surface area (Å²) in [5, 5.41) is 12.0. The van der Waals surface area contributed by atoms with Gasteiger partial charge in [0.15, 0.2) is 0 Å². The SMILES string of the molecule is COc1cccc(-c2nc(C(=O)Nc3cccc(CO)c3)c(C)[nH]2)c1. The molecule has 3 N–H and O–H groups in total. The molecule has 0 bridgehead atoms. The van der Waals surface area contributed by atoms with Crippen LogP contribution >= 0.6 is 0 Å². The lowest BCUT2D eigenvalue weighted by Gasteiger charge is -2.05. The quantitative estimate of drug-likeness (QED) is 0.667. The summed E-state index contributed by atoms with van der Waals surface area (Å²) >= 11 is 0. The Hall–Kier alpha value is -3.12. The Kier molecular flexibility index (Phi) is 4.81. The van der Waals surface area contributed by atoms with E-state index >= 15 is 0 Å². The number of benzene rings is 2. The van der Waals surface area contributed by atoms with E-state index in [9.17, 15) is 9.90 Å². The number of aromatic amines is 1. The number of imidazole rings is 1. The normalized spacial score (nSPS) is 10.5. The van der Waals surface area contributed by atoms with Crippen molar-refractivity contribution in [2.24, 2.45) is 0 Å². The highest BCUT2D eigenvalue weighted by Gasteiger charge is 2.16. The number of rotatable bonds is 5. The van der Waals surface area contributed by atoms with Gasteiger partial charge in [-0.25, -0.2) is 4.98 Å². The average molecular weight is 337 g/mol. The monoisotopic (exact) mass is 337 g/mol. The molecule has 0 unspecified atom stereocenters. The molecule has 0 aliphatic carbocycles. The molecule has 0 saturated carbocycles. The number of anilines is 1. The summed E-state index contributed by atoms with van der Waals surface area (Å²) < 4.78 is 5.22. The molecule has 0 aliphatic heterocycles. The molecule has 1 amide bonds. The van der Waals surface area contributed by atoms with E-state index in [1.165, 1.54) is 0 Å². The molecule has 0 saturated heterocycles. The maximum atomic E-state index is 12.5. The Bertz CT molecular complexity index is 902. The van der Waals surface area contributed by atoms with Gasteiger partial charge in [0.05, 0.1) is 13.7 Å². The summed E-state index contributed by atoms with van der Waals surface area (Å²) in [4.78, 5) is 20.1. The molecule has 3 aromatic rings. The number of ether oxygens (including phenoxy) is 1. The Morgan fingerprint density at radius 1 is 1.24 bits per heavy atom. The predicted octanol–water partition coefficient (Wildman–Crippen LogP) is 3.14. The van der Waals surface area contributed by atoms with Crippen LogP contribution in [0.1, 0.15) is 21.7 Å². The van der Waals surface area contributed by atoms with Crippen molar-refractivity contribution in [3.63, 3.8) is 0 Å². The van der Waals surface area contributed by atoms with Gasteiger partial charge in [-0.15, -0.1) is 0 Å². The number of H-pyrrole nitrogens is 1. The lowest BCUT2D eigenvalue weighted by atomic mass is 10.2. The molecule has 128 valence electrons. The molecule has 6 heteroatoms. The second-order valence-electron chi connectivity index (χ2n) is 5.60. The predicted molar refractivity (Wildman–Crippen MR) is 95.6 cm³/mol. The summed E-state index contributed by atoms with van der Waals surface area (Å²) in [6.45, 7) is 1.72. The van der Waals surface area contributed by atoms with Crippen LogP contribution in [0.3, 0.4) is 0 Å². The van der Waals surface area contributed by atoms with Crippen LogP contribution in [0.2, 0.25) is 0 Å². The van der Waals surface area contributed by atoms with Crippen molar-refractivity contribution in [2.45, 2.75) is 13.5 Å². The molecule has 0 atom stereocenters. The maximum absolute atomic E-state index is 12.5. The van der Waals surface area contributed by atoms with Gasteiger partial charge in [0, 0.05) is 16.9 Å². The fourth-order valence-corrected chi connectivity index (χ4v) is 2.53.